The summed E-state index contributed by atoms with van der Waals surface area (Å²) in [4.78, 5) is 0. The summed E-state index contributed by atoms with van der Waals surface area (Å²) in [6.45, 7) is -0.411. The number of hydrogen-bond donors (Lipinski definition) is 4. The monoisotopic (exact) mass is 314 g/mol. The first-order chi connectivity index (χ1) is 10.5. The third-order valence-electron chi connectivity index (χ3n) is 6.20. The van der Waals surface area contributed by atoms with Crippen molar-refractivity contribution in [1.82, 2.24) is 0 Å². The van der Waals surface area contributed by atoms with E-state index >= 15 is 0 Å². The molecule has 1 saturated heterocycles. The van der Waals surface area contributed by atoms with Crippen LogP contribution in [0, 0.1) is 17.8 Å². The Bertz CT molecular complexity index is 390. The zero-order valence-electron chi connectivity index (χ0n) is 12.7. The molecule has 5 atom stereocenters. The second-order valence-corrected chi connectivity index (χ2v) is 7.92. The molecule has 4 aliphatic carbocycles. The van der Waals surface area contributed by atoms with Gasteiger partial charge in [-0.05, 0) is 56.3 Å². The molecule has 0 unspecified atom stereocenters. The molecule has 1 aliphatic heterocycles. The standard InChI is InChI=1S/C16H26O6/c17-7-11-12(18)13(19)14(20)15(21-11)22-16-4-8-1-9(5-16)3-10(2-8)6-16/h8-15,17-20H,1-7H2/t8?,9?,10?,11-,12-,13+,14-,15+,16?/m1/s1. The number of ether oxygens (including phenoxy) is 2. The third-order valence-corrected chi connectivity index (χ3v) is 6.20. The zero-order chi connectivity index (χ0) is 15.5. The van der Waals surface area contributed by atoms with Crippen molar-refractivity contribution < 1.29 is 29.9 Å². The van der Waals surface area contributed by atoms with Gasteiger partial charge in [-0.25, -0.2) is 0 Å². The van der Waals surface area contributed by atoms with Crippen LogP contribution in [0.4, 0.5) is 0 Å². The largest absolute Gasteiger partial charge is 0.394 e. The summed E-state index contributed by atoms with van der Waals surface area (Å²) >= 11 is 0. The van der Waals surface area contributed by atoms with E-state index in [2.05, 4.69) is 0 Å². The molecule has 0 aromatic carbocycles. The average molecular weight is 314 g/mol. The Labute approximate surface area is 130 Å². The molecular weight excluding hydrogens is 288 g/mol. The molecule has 0 aromatic rings. The highest BCUT2D eigenvalue weighted by Gasteiger charge is 2.55. The summed E-state index contributed by atoms with van der Waals surface area (Å²) in [7, 11) is 0. The Hall–Kier alpha value is -0.240. The molecule has 0 spiro atoms. The van der Waals surface area contributed by atoms with Crippen LogP contribution in [0.1, 0.15) is 38.5 Å². The van der Waals surface area contributed by atoms with E-state index in [1.165, 1.54) is 19.3 Å². The molecule has 22 heavy (non-hydrogen) atoms. The Morgan fingerprint density at radius 1 is 0.864 bits per heavy atom. The van der Waals surface area contributed by atoms with E-state index in [-0.39, 0.29) is 5.60 Å². The SMILES string of the molecule is OC[C@H]1O[C@@H](OC23CC4CC(CC(C4)C2)C3)[C@H](O)[C@@H](O)[C@@H]1O. The van der Waals surface area contributed by atoms with Gasteiger partial charge in [0.1, 0.15) is 24.4 Å². The molecule has 6 nitrogen and oxygen atoms in total. The quantitative estimate of drug-likeness (QED) is 0.574. The lowest BCUT2D eigenvalue weighted by atomic mass is 9.54. The van der Waals surface area contributed by atoms with Gasteiger partial charge in [-0.15, -0.1) is 0 Å². The summed E-state index contributed by atoms with van der Waals surface area (Å²) in [6, 6.07) is 0. The van der Waals surface area contributed by atoms with Crippen molar-refractivity contribution >= 4 is 0 Å². The van der Waals surface area contributed by atoms with Crippen molar-refractivity contribution in [3.05, 3.63) is 0 Å². The lowest BCUT2D eigenvalue weighted by Crippen LogP contribution is -2.62. The molecule has 6 heteroatoms. The summed E-state index contributed by atoms with van der Waals surface area (Å²) < 4.78 is 11.7. The first-order valence-corrected chi connectivity index (χ1v) is 8.48. The number of aliphatic hydroxyl groups is 4. The molecule has 0 aromatic heterocycles. The topological polar surface area (TPSA) is 99.4 Å². The maximum Gasteiger partial charge on any atom is 0.187 e. The second kappa shape index (κ2) is 5.40. The minimum Gasteiger partial charge on any atom is -0.394 e. The zero-order valence-corrected chi connectivity index (χ0v) is 12.7. The Kier molecular flexibility index (Phi) is 3.75. The van der Waals surface area contributed by atoms with Crippen LogP contribution in [-0.4, -0.2) is 63.3 Å². The first-order valence-electron chi connectivity index (χ1n) is 8.48. The van der Waals surface area contributed by atoms with Gasteiger partial charge >= 0.3 is 0 Å². The van der Waals surface area contributed by atoms with Crippen molar-refractivity contribution in [2.45, 2.75) is 74.8 Å². The van der Waals surface area contributed by atoms with Gasteiger partial charge in [0.2, 0.25) is 0 Å². The average Bonchev–Trinajstić information content (AvgIpc) is 2.46. The lowest BCUT2D eigenvalue weighted by molar-refractivity contribution is -0.341. The summed E-state index contributed by atoms with van der Waals surface area (Å²) in [6.07, 6.45) is 1.01. The van der Waals surface area contributed by atoms with Crippen LogP contribution < -0.4 is 0 Å². The molecule has 5 rings (SSSR count). The number of aliphatic hydroxyl groups excluding tert-OH is 4. The van der Waals surface area contributed by atoms with Gasteiger partial charge < -0.3 is 29.9 Å². The van der Waals surface area contributed by atoms with E-state index in [0.717, 1.165) is 19.3 Å². The number of rotatable bonds is 3. The highest BCUT2D eigenvalue weighted by atomic mass is 16.7. The van der Waals surface area contributed by atoms with Gasteiger partial charge in [0.15, 0.2) is 6.29 Å². The smallest absolute Gasteiger partial charge is 0.187 e. The Balaban J connectivity index is 1.50. The van der Waals surface area contributed by atoms with Gasteiger partial charge in [-0.2, -0.15) is 0 Å². The van der Waals surface area contributed by atoms with Crippen molar-refractivity contribution in [3.63, 3.8) is 0 Å². The minimum atomic E-state index is -1.36. The molecule has 5 fully saturated rings. The van der Waals surface area contributed by atoms with E-state index in [4.69, 9.17) is 9.47 Å². The molecule has 126 valence electrons. The van der Waals surface area contributed by atoms with Crippen molar-refractivity contribution in [2.24, 2.45) is 17.8 Å². The lowest BCUT2D eigenvalue weighted by Gasteiger charge is -2.57. The molecule has 0 radical (unpaired) electrons. The second-order valence-electron chi connectivity index (χ2n) is 7.92. The van der Waals surface area contributed by atoms with Gasteiger partial charge in [-0.3, -0.25) is 0 Å². The van der Waals surface area contributed by atoms with E-state index in [1.807, 2.05) is 0 Å². The van der Waals surface area contributed by atoms with Crippen LogP contribution in [-0.2, 0) is 9.47 Å². The predicted molar refractivity (Wildman–Crippen MR) is 75.8 cm³/mol. The molecule has 0 amide bonds. The maximum absolute atomic E-state index is 10.2. The summed E-state index contributed by atoms with van der Waals surface area (Å²) in [5.41, 5.74) is -0.261. The molecule has 4 N–H and O–H groups in total. The van der Waals surface area contributed by atoms with Gasteiger partial charge in [0.05, 0.1) is 12.2 Å². The molecule has 1 heterocycles. The van der Waals surface area contributed by atoms with E-state index in [1.54, 1.807) is 0 Å². The summed E-state index contributed by atoms with van der Waals surface area (Å²) in [5, 5.41) is 39.2. The molecule has 5 aliphatic rings. The van der Waals surface area contributed by atoms with Crippen LogP contribution in [0.15, 0.2) is 0 Å². The van der Waals surface area contributed by atoms with Gasteiger partial charge in [0, 0.05) is 0 Å². The maximum atomic E-state index is 10.2. The van der Waals surface area contributed by atoms with E-state index in [9.17, 15) is 20.4 Å². The van der Waals surface area contributed by atoms with Crippen LogP contribution in [0.5, 0.6) is 0 Å². The van der Waals surface area contributed by atoms with E-state index < -0.39 is 37.3 Å². The number of hydrogen-bond acceptors (Lipinski definition) is 6. The van der Waals surface area contributed by atoms with Crippen molar-refractivity contribution in [1.29, 1.82) is 0 Å². The molecular formula is C16H26O6. The molecule has 4 saturated carbocycles. The fourth-order valence-corrected chi connectivity index (χ4v) is 5.59. The fraction of sp³-hybridized carbons (Fsp3) is 1.00. The fourth-order valence-electron chi connectivity index (χ4n) is 5.59. The van der Waals surface area contributed by atoms with Crippen molar-refractivity contribution in [2.75, 3.05) is 6.61 Å². The van der Waals surface area contributed by atoms with Crippen LogP contribution in [0.2, 0.25) is 0 Å². The third kappa shape index (κ3) is 2.41. The van der Waals surface area contributed by atoms with E-state index in [0.29, 0.717) is 17.8 Å². The summed E-state index contributed by atoms with van der Waals surface area (Å²) in [5.74, 6) is 2.11. The molecule has 4 bridgehead atoms. The van der Waals surface area contributed by atoms with Gasteiger partial charge in [-0.1, -0.05) is 0 Å². The first kappa shape index (κ1) is 15.3. The van der Waals surface area contributed by atoms with Crippen molar-refractivity contribution in [3.8, 4) is 0 Å². The van der Waals surface area contributed by atoms with Gasteiger partial charge in [0.25, 0.3) is 0 Å². The van der Waals surface area contributed by atoms with Crippen LogP contribution >= 0.6 is 0 Å². The van der Waals surface area contributed by atoms with Crippen LogP contribution in [0.3, 0.4) is 0 Å². The highest BCUT2D eigenvalue weighted by molar-refractivity contribution is 5.04. The Morgan fingerprint density at radius 3 is 1.91 bits per heavy atom. The normalized spacial score (nSPS) is 57.3. The predicted octanol–water partition coefficient (Wildman–Crippen LogP) is -0.228. The Morgan fingerprint density at radius 2 is 1.41 bits per heavy atom. The van der Waals surface area contributed by atoms with Crippen LogP contribution in [0.25, 0.3) is 0 Å². The minimum absolute atomic E-state index is 0.261. The highest BCUT2D eigenvalue weighted by Crippen LogP contribution is 2.57.